The van der Waals surface area contributed by atoms with Gasteiger partial charge in [-0.05, 0) is 23.6 Å². The molecule has 0 saturated heterocycles. The molecular weight excluding hydrogens is 516 g/mol. The van der Waals surface area contributed by atoms with Crippen molar-refractivity contribution in [3.05, 3.63) is 109 Å². The van der Waals surface area contributed by atoms with E-state index in [4.69, 9.17) is 0 Å². The Bertz CT molecular complexity index is 2000. The van der Waals surface area contributed by atoms with Crippen molar-refractivity contribution in [2.75, 3.05) is 0 Å². The summed E-state index contributed by atoms with van der Waals surface area (Å²) < 4.78 is 94.7. The second-order valence-electron chi connectivity index (χ2n) is 9.46. The number of hydrogen-bond donors (Lipinski definition) is 0. The number of para-hydroxylation sites is 3. The number of fused-ring (bicyclic) bond motifs is 9. The Labute approximate surface area is 216 Å². The van der Waals surface area contributed by atoms with Gasteiger partial charge in [-0.3, -0.25) is 0 Å². The number of alkyl halides is 6. The first-order valence-electron chi connectivity index (χ1n) is 12.1. The molecule has 0 fully saturated rings. The number of halogens is 6. The maximum Gasteiger partial charge on any atom is 0.425 e. The zero-order valence-electron chi connectivity index (χ0n) is 19.9. The van der Waals surface area contributed by atoms with E-state index < -0.39 is 23.5 Å². The van der Waals surface area contributed by atoms with Gasteiger partial charge in [-0.2, -0.15) is 31.4 Å². The second-order valence-corrected chi connectivity index (χ2v) is 9.46. The van der Waals surface area contributed by atoms with E-state index in [1.807, 2.05) is 0 Å². The molecule has 7 aromatic rings. The molecule has 0 spiro atoms. The lowest BCUT2D eigenvalue weighted by Gasteiger charge is -2.39. The molecule has 4 aromatic carbocycles. The second kappa shape index (κ2) is 7.75. The Morgan fingerprint density at radius 1 is 0.487 bits per heavy atom. The Hall–Kier alpha value is -4.53. The summed E-state index contributed by atoms with van der Waals surface area (Å²) in [5.74, 6) is 0. The molecule has 3 heterocycles. The number of pyridine rings is 1. The molecular formula is C30H17F6N3. The maximum atomic E-state index is 15.5. The first-order chi connectivity index (χ1) is 18.7. The van der Waals surface area contributed by atoms with Crippen LogP contribution in [0.15, 0.2) is 103 Å². The molecule has 0 bridgehead atoms. The number of aromatic nitrogens is 3. The fourth-order valence-electron chi connectivity index (χ4n) is 5.99. The third kappa shape index (κ3) is 2.92. The summed E-state index contributed by atoms with van der Waals surface area (Å²) in [5, 5.41) is 6.17. The third-order valence-corrected chi connectivity index (χ3v) is 7.50. The Morgan fingerprint density at radius 3 is 1.41 bits per heavy atom. The summed E-state index contributed by atoms with van der Waals surface area (Å²) >= 11 is 0. The molecule has 0 radical (unpaired) electrons. The smallest absolute Gasteiger partial charge is 0.314 e. The number of benzene rings is 4. The molecule has 39 heavy (non-hydrogen) atoms. The van der Waals surface area contributed by atoms with Crippen LogP contribution in [0.3, 0.4) is 0 Å². The molecule has 194 valence electrons. The molecule has 0 aliphatic carbocycles. The zero-order chi connectivity index (χ0) is 27.2. The van der Waals surface area contributed by atoms with Gasteiger partial charge < -0.3 is 4.57 Å². The van der Waals surface area contributed by atoms with E-state index >= 15 is 26.3 Å². The fourth-order valence-corrected chi connectivity index (χ4v) is 5.99. The van der Waals surface area contributed by atoms with E-state index in [9.17, 15) is 0 Å². The van der Waals surface area contributed by atoms with Crippen LogP contribution in [0.4, 0.5) is 26.3 Å². The number of rotatable bonds is 2. The summed E-state index contributed by atoms with van der Waals surface area (Å²) in [6.07, 6.45) is -10.9. The van der Waals surface area contributed by atoms with Gasteiger partial charge in [0.1, 0.15) is 0 Å². The average Bonchev–Trinajstić information content (AvgIpc) is 3.49. The van der Waals surface area contributed by atoms with Crippen molar-refractivity contribution in [2.45, 2.75) is 17.9 Å². The van der Waals surface area contributed by atoms with Crippen molar-refractivity contribution in [1.82, 2.24) is 14.2 Å². The van der Waals surface area contributed by atoms with Crippen LogP contribution in [0.2, 0.25) is 0 Å². The minimum Gasteiger partial charge on any atom is -0.314 e. The van der Waals surface area contributed by atoms with Gasteiger partial charge in [0, 0.05) is 27.1 Å². The van der Waals surface area contributed by atoms with Crippen LogP contribution in [-0.4, -0.2) is 26.5 Å². The highest BCUT2D eigenvalue weighted by molar-refractivity contribution is 6.13. The van der Waals surface area contributed by atoms with Gasteiger partial charge in [0.25, 0.3) is 5.54 Å². The van der Waals surface area contributed by atoms with Crippen molar-refractivity contribution in [2.24, 2.45) is 0 Å². The van der Waals surface area contributed by atoms with Gasteiger partial charge in [0.05, 0.1) is 28.3 Å². The number of nitrogens with zero attached hydrogens (tertiary/aromatic N) is 3. The van der Waals surface area contributed by atoms with Crippen LogP contribution >= 0.6 is 0 Å². The van der Waals surface area contributed by atoms with Crippen LogP contribution in [0.25, 0.3) is 49.0 Å². The Morgan fingerprint density at radius 2 is 0.897 bits per heavy atom. The standard InChI is InChI=1S/C30H17F6N3/c31-29(32,33)28(30(34,35)36,38-24-14-6-3-11-20(24)21-12-4-7-15-25(21)38)23-17-37-39-26-16-8-5-10-19(26)18-9-1-2-13-22(18)27(23)39/h1-17H. The molecule has 0 atom stereocenters. The van der Waals surface area contributed by atoms with Gasteiger partial charge in [-0.25, -0.2) is 4.52 Å². The zero-order valence-corrected chi connectivity index (χ0v) is 19.9. The third-order valence-electron chi connectivity index (χ3n) is 7.50. The summed E-state index contributed by atoms with van der Waals surface area (Å²) in [6, 6.07) is 25.1. The number of hydrogen-bond acceptors (Lipinski definition) is 1. The molecule has 9 heteroatoms. The maximum absolute atomic E-state index is 15.5. The monoisotopic (exact) mass is 533 g/mol. The SMILES string of the molecule is FC(F)(F)C(c1cnn2c3ccccc3c3ccccc3c12)(n1c2ccccc2c2ccccc21)C(F)(F)F. The van der Waals surface area contributed by atoms with E-state index in [1.54, 1.807) is 54.6 Å². The van der Waals surface area contributed by atoms with Crippen molar-refractivity contribution < 1.29 is 26.3 Å². The largest absolute Gasteiger partial charge is 0.425 e. The lowest BCUT2D eigenvalue weighted by Crippen LogP contribution is -2.58. The van der Waals surface area contributed by atoms with Gasteiger partial charge in [-0.1, -0.05) is 78.9 Å². The van der Waals surface area contributed by atoms with Crippen molar-refractivity contribution in [1.29, 1.82) is 0 Å². The first kappa shape index (κ1) is 23.6. The van der Waals surface area contributed by atoms with Crippen LogP contribution in [0.5, 0.6) is 0 Å². The summed E-state index contributed by atoms with van der Waals surface area (Å²) in [4.78, 5) is 0. The molecule has 0 N–H and O–H groups in total. The van der Waals surface area contributed by atoms with Crippen molar-refractivity contribution in [3.8, 4) is 0 Å². The Kier molecular flexibility index (Phi) is 4.69. The van der Waals surface area contributed by atoms with Crippen LogP contribution in [0, 0.1) is 0 Å². The Balaban J connectivity index is 1.78. The molecule has 3 nitrogen and oxygen atoms in total. The first-order valence-corrected chi connectivity index (χ1v) is 12.1. The van der Waals surface area contributed by atoms with E-state index in [0.717, 1.165) is 6.20 Å². The highest BCUT2D eigenvalue weighted by Gasteiger charge is 2.75. The van der Waals surface area contributed by atoms with Crippen LogP contribution < -0.4 is 0 Å². The van der Waals surface area contributed by atoms with Gasteiger partial charge in [-0.15, -0.1) is 0 Å². The summed E-state index contributed by atoms with van der Waals surface area (Å²) in [6.45, 7) is 0. The molecule has 0 aliphatic heterocycles. The predicted octanol–water partition coefficient (Wildman–Crippen LogP) is 8.62. The lowest BCUT2D eigenvalue weighted by atomic mass is 9.86. The predicted molar refractivity (Wildman–Crippen MR) is 139 cm³/mol. The van der Waals surface area contributed by atoms with E-state index in [0.29, 0.717) is 20.9 Å². The normalized spacial score (nSPS) is 13.4. The van der Waals surface area contributed by atoms with Crippen molar-refractivity contribution >= 4 is 49.0 Å². The summed E-state index contributed by atoms with van der Waals surface area (Å²) in [7, 11) is 0. The highest BCUT2D eigenvalue weighted by Crippen LogP contribution is 2.57. The minimum absolute atomic E-state index is 0.183. The van der Waals surface area contributed by atoms with Gasteiger partial charge in [0.15, 0.2) is 0 Å². The van der Waals surface area contributed by atoms with Crippen LogP contribution in [0.1, 0.15) is 5.56 Å². The quantitative estimate of drug-likeness (QED) is 0.161. The molecule has 0 saturated carbocycles. The van der Waals surface area contributed by atoms with Crippen molar-refractivity contribution in [3.63, 3.8) is 0 Å². The van der Waals surface area contributed by atoms with Gasteiger partial charge in [0.2, 0.25) is 0 Å². The fraction of sp³-hybridized carbons (Fsp3) is 0.100. The minimum atomic E-state index is -5.80. The summed E-state index contributed by atoms with van der Waals surface area (Å²) in [5.41, 5.74) is -5.65. The highest BCUT2D eigenvalue weighted by atomic mass is 19.4. The van der Waals surface area contributed by atoms with E-state index in [2.05, 4.69) is 5.10 Å². The molecule has 7 rings (SSSR count). The lowest BCUT2D eigenvalue weighted by molar-refractivity contribution is -0.310. The van der Waals surface area contributed by atoms with E-state index in [-0.39, 0.29) is 32.7 Å². The van der Waals surface area contributed by atoms with Gasteiger partial charge >= 0.3 is 12.4 Å². The average molecular weight is 533 g/mol. The topological polar surface area (TPSA) is 22.2 Å². The molecule has 0 amide bonds. The molecule has 0 aliphatic rings. The van der Waals surface area contributed by atoms with E-state index in [1.165, 1.54) is 47.0 Å². The molecule has 0 unspecified atom stereocenters. The van der Waals surface area contributed by atoms with Crippen LogP contribution in [-0.2, 0) is 5.54 Å². The molecule has 3 aromatic heterocycles.